The van der Waals surface area contributed by atoms with E-state index in [2.05, 4.69) is 20.0 Å². The Kier molecular flexibility index (Phi) is 7.40. The molecule has 0 aromatic carbocycles. The van der Waals surface area contributed by atoms with Crippen LogP contribution in [0.15, 0.2) is 46.4 Å². The number of methoxy groups -OCH3 is 2. The van der Waals surface area contributed by atoms with Crippen molar-refractivity contribution >= 4 is 12.4 Å². The SMILES string of the molecule is COc1cccc(C=NCCCCN=Cc2cccc(OC)n2)n1. The fourth-order valence-electron chi connectivity index (χ4n) is 1.96. The number of hydrogen-bond donors (Lipinski definition) is 0. The Balaban J connectivity index is 1.65. The second kappa shape index (κ2) is 10.1. The molecule has 0 radical (unpaired) electrons. The van der Waals surface area contributed by atoms with E-state index < -0.39 is 0 Å². The molecule has 2 rings (SSSR count). The van der Waals surface area contributed by atoms with E-state index in [4.69, 9.17) is 9.47 Å². The van der Waals surface area contributed by atoms with Crippen LogP contribution in [0.4, 0.5) is 0 Å². The van der Waals surface area contributed by atoms with Crippen LogP contribution >= 0.6 is 0 Å². The average molecular weight is 326 g/mol. The van der Waals surface area contributed by atoms with Crippen molar-refractivity contribution in [1.29, 1.82) is 0 Å². The molecule has 0 saturated carbocycles. The number of unbranched alkanes of at least 4 members (excludes halogenated alkanes) is 1. The van der Waals surface area contributed by atoms with Gasteiger partial charge in [-0.1, -0.05) is 12.1 Å². The van der Waals surface area contributed by atoms with Gasteiger partial charge >= 0.3 is 0 Å². The first-order chi connectivity index (χ1) is 11.8. The van der Waals surface area contributed by atoms with Gasteiger partial charge < -0.3 is 9.47 Å². The molecule has 0 bridgehead atoms. The lowest BCUT2D eigenvalue weighted by molar-refractivity contribution is 0.397. The molecule has 0 aliphatic rings. The molecule has 0 aliphatic carbocycles. The summed E-state index contributed by atoms with van der Waals surface area (Å²) in [6.07, 6.45) is 5.49. The second-order valence-corrected chi connectivity index (χ2v) is 4.99. The highest BCUT2D eigenvalue weighted by atomic mass is 16.5. The smallest absolute Gasteiger partial charge is 0.213 e. The molecule has 2 aromatic heterocycles. The van der Waals surface area contributed by atoms with Gasteiger partial charge in [0.05, 0.1) is 25.6 Å². The minimum Gasteiger partial charge on any atom is -0.481 e. The van der Waals surface area contributed by atoms with E-state index in [-0.39, 0.29) is 0 Å². The lowest BCUT2D eigenvalue weighted by Gasteiger charge is -1.99. The number of aromatic nitrogens is 2. The van der Waals surface area contributed by atoms with Crippen molar-refractivity contribution < 1.29 is 9.47 Å². The zero-order chi connectivity index (χ0) is 17.0. The van der Waals surface area contributed by atoms with Crippen molar-refractivity contribution in [1.82, 2.24) is 9.97 Å². The summed E-state index contributed by atoms with van der Waals surface area (Å²) in [5, 5.41) is 0. The van der Waals surface area contributed by atoms with Crippen molar-refractivity contribution in [3.8, 4) is 11.8 Å². The van der Waals surface area contributed by atoms with Crippen molar-refractivity contribution in [2.75, 3.05) is 27.3 Å². The van der Waals surface area contributed by atoms with Crippen LogP contribution in [0.5, 0.6) is 11.8 Å². The quantitative estimate of drug-likeness (QED) is 0.525. The second-order valence-electron chi connectivity index (χ2n) is 4.99. The van der Waals surface area contributed by atoms with E-state index in [1.807, 2.05) is 36.4 Å². The van der Waals surface area contributed by atoms with E-state index in [1.54, 1.807) is 26.6 Å². The number of pyridine rings is 2. The first-order valence-electron chi connectivity index (χ1n) is 7.83. The summed E-state index contributed by atoms with van der Waals surface area (Å²) in [5.41, 5.74) is 1.60. The Morgan fingerprint density at radius 2 is 1.25 bits per heavy atom. The highest BCUT2D eigenvalue weighted by Gasteiger charge is 1.94. The number of aliphatic imine (C=N–C) groups is 2. The van der Waals surface area contributed by atoms with Gasteiger partial charge in [0.1, 0.15) is 0 Å². The predicted molar refractivity (Wildman–Crippen MR) is 95.7 cm³/mol. The molecule has 2 aromatic rings. The van der Waals surface area contributed by atoms with Crippen molar-refractivity contribution in [2.24, 2.45) is 9.98 Å². The molecule has 2 heterocycles. The van der Waals surface area contributed by atoms with Gasteiger partial charge in [-0.3, -0.25) is 9.98 Å². The summed E-state index contributed by atoms with van der Waals surface area (Å²) >= 11 is 0. The largest absolute Gasteiger partial charge is 0.481 e. The minimum absolute atomic E-state index is 0.597. The van der Waals surface area contributed by atoms with E-state index in [9.17, 15) is 0 Å². The van der Waals surface area contributed by atoms with E-state index in [0.29, 0.717) is 11.8 Å². The number of ether oxygens (including phenoxy) is 2. The van der Waals surface area contributed by atoms with E-state index in [1.165, 1.54) is 0 Å². The van der Waals surface area contributed by atoms with Crippen LogP contribution in [-0.4, -0.2) is 49.7 Å². The summed E-state index contributed by atoms with van der Waals surface area (Å²) in [4.78, 5) is 17.3. The van der Waals surface area contributed by atoms with Gasteiger partial charge in [0.15, 0.2) is 0 Å². The molecule has 24 heavy (non-hydrogen) atoms. The van der Waals surface area contributed by atoms with Crippen LogP contribution in [-0.2, 0) is 0 Å². The summed E-state index contributed by atoms with van der Waals surface area (Å²) in [6.45, 7) is 1.51. The molecule has 6 heteroatoms. The molecule has 0 spiro atoms. The van der Waals surface area contributed by atoms with E-state index in [0.717, 1.165) is 37.3 Å². The van der Waals surface area contributed by atoms with Gasteiger partial charge in [-0.15, -0.1) is 0 Å². The molecule has 0 unspecified atom stereocenters. The van der Waals surface area contributed by atoms with Crippen molar-refractivity contribution in [2.45, 2.75) is 12.8 Å². The van der Waals surface area contributed by atoms with Gasteiger partial charge in [0.25, 0.3) is 0 Å². The predicted octanol–water partition coefficient (Wildman–Crippen LogP) is 2.81. The first-order valence-corrected chi connectivity index (χ1v) is 7.83. The normalized spacial score (nSPS) is 11.2. The molecule has 0 atom stereocenters. The third-order valence-electron chi connectivity index (χ3n) is 3.18. The topological polar surface area (TPSA) is 69.0 Å². The molecule has 0 N–H and O–H groups in total. The third kappa shape index (κ3) is 6.16. The van der Waals surface area contributed by atoms with Gasteiger partial charge in [0, 0.05) is 37.7 Å². The highest BCUT2D eigenvalue weighted by Crippen LogP contribution is 2.05. The Bertz CT molecular complexity index is 627. The third-order valence-corrected chi connectivity index (χ3v) is 3.18. The van der Waals surface area contributed by atoms with Crippen molar-refractivity contribution in [3.05, 3.63) is 47.8 Å². The van der Waals surface area contributed by atoms with Crippen molar-refractivity contribution in [3.63, 3.8) is 0 Å². The maximum absolute atomic E-state index is 5.08. The molecule has 0 fully saturated rings. The maximum atomic E-state index is 5.08. The van der Waals surface area contributed by atoms with Crippen LogP contribution in [0.1, 0.15) is 24.2 Å². The first kappa shape index (κ1) is 17.6. The van der Waals surface area contributed by atoms with Crippen LogP contribution < -0.4 is 9.47 Å². The Labute approximate surface area is 142 Å². The zero-order valence-electron chi connectivity index (χ0n) is 14.1. The van der Waals surface area contributed by atoms with Gasteiger partial charge in [0.2, 0.25) is 11.8 Å². The summed E-state index contributed by atoms with van der Waals surface area (Å²) in [5.74, 6) is 1.19. The van der Waals surface area contributed by atoms with Crippen LogP contribution in [0.25, 0.3) is 0 Å². The fraction of sp³-hybridized carbons (Fsp3) is 0.333. The average Bonchev–Trinajstić information content (AvgIpc) is 2.64. The Hall–Kier alpha value is -2.76. The molecule has 0 aliphatic heterocycles. The zero-order valence-corrected chi connectivity index (χ0v) is 14.1. The number of hydrogen-bond acceptors (Lipinski definition) is 6. The molecule has 6 nitrogen and oxygen atoms in total. The standard InChI is InChI=1S/C18H22N4O2/c1-23-17-9-5-7-15(21-17)13-19-11-3-4-12-20-14-16-8-6-10-18(22-16)24-2/h5-10,13-14H,3-4,11-12H2,1-2H3. The molecular formula is C18H22N4O2. The van der Waals surface area contributed by atoms with Gasteiger partial charge in [-0.25, -0.2) is 9.97 Å². The maximum Gasteiger partial charge on any atom is 0.213 e. The summed E-state index contributed by atoms with van der Waals surface area (Å²) in [6, 6.07) is 11.2. The van der Waals surface area contributed by atoms with Gasteiger partial charge in [-0.2, -0.15) is 0 Å². The molecule has 0 amide bonds. The highest BCUT2D eigenvalue weighted by molar-refractivity contribution is 5.77. The van der Waals surface area contributed by atoms with Crippen LogP contribution in [0.3, 0.4) is 0 Å². The molecule has 0 saturated heterocycles. The Morgan fingerprint density at radius 1 is 0.792 bits per heavy atom. The fourth-order valence-corrected chi connectivity index (χ4v) is 1.96. The van der Waals surface area contributed by atoms with Gasteiger partial charge in [-0.05, 0) is 25.0 Å². The number of rotatable bonds is 9. The van der Waals surface area contributed by atoms with Crippen LogP contribution in [0, 0.1) is 0 Å². The minimum atomic E-state index is 0.597. The van der Waals surface area contributed by atoms with E-state index >= 15 is 0 Å². The monoisotopic (exact) mass is 326 g/mol. The molecule has 126 valence electrons. The lowest BCUT2D eigenvalue weighted by Crippen LogP contribution is -1.94. The Morgan fingerprint density at radius 3 is 1.67 bits per heavy atom. The lowest BCUT2D eigenvalue weighted by atomic mass is 10.3. The summed E-state index contributed by atoms with van der Waals surface area (Å²) in [7, 11) is 3.20. The van der Waals surface area contributed by atoms with Crippen LogP contribution in [0.2, 0.25) is 0 Å². The number of nitrogens with zero attached hydrogens (tertiary/aromatic N) is 4. The molecular weight excluding hydrogens is 304 g/mol. The summed E-state index contributed by atoms with van der Waals surface area (Å²) < 4.78 is 10.2.